The van der Waals surface area contributed by atoms with E-state index in [-0.39, 0.29) is 28.1 Å². The zero-order chi connectivity index (χ0) is 24.6. The van der Waals surface area contributed by atoms with Gasteiger partial charge in [-0.05, 0) is 59.0 Å². The third-order valence-electron chi connectivity index (χ3n) is 5.54. The van der Waals surface area contributed by atoms with E-state index in [4.69, 9.17) is 0 Å². The minimum absolute atomic E-state index is 0.00613. The quantitative estimate of drug-likeness (QED) is 0.312. The van der Waals surface area contributed by atoms with Gasteiger partial charge in [0, 0.05) is 17.8 Å². The molecule has 0 atom stereocenters. The average Bonchev–Trinajstić information content (AvgIpc) is 3.03. The molecule has 34 heavy (non-hydrogen) atoms. The number of anilines is 2. The summed E-state index contributed by atoms with van der Waals surface area (Å²) in [4.78, 5) is 38.1. The third-order valence-corrected chi connectivity index (χ3v) is 5.54. The number of non-ortho nitro benzene ring substituents is 1. The Morgan fingerprint density at radius 1 is 0.912 bits per heavy atom. The van der Waals surface area contributed by atoms with Gasteiger partial charge in [0.05, 0.1) is 16.2 Å². The van der Waals surface area contributed by atoms with Gasteiger partial charge in [0.15, 0.2) is 0 Å². The second kappa shape index (κ2) is 8.55. The lowest BCUT2D eigenvalue weighted by Gasteiger charge is -2.19. The fraction of sp³-hybridized carbons (Fsp3) is 0.154. The van der Waals surface area contributed by atoms with E-state index in [2.05, 4.69) is 26.1 Å². The van der Waals surface area contributed by atoms with Crippen LogP contribution in [0.25, 0.3) is 5.57 Å². The van der Waals surface area contributed by atoms with Crippen molar-refractivity contribution < 1.29 is 18.9 Å². The van der Waals surface area contributed by atoms with Crippen molar-refractivity contribution in [2.45, 2.75) is 26.2 Å². The summed E-state index contributed by atoms with van der Waals surface area (Å²) in [6.45, 7) is 6.25. The first kappa shape index (κ1) is 22.8. The van der Waals surface area contributed by atoms with Crippen LogP contribution in [0.3, 0.4) is 0 Å². The van der Waals surface area contributed by atoms with Crippen LogP contribution in [0.2, 0.25) is 0 Å². The predicted octanol–water partition coefficient (Wildman–Crippen LogP) is 5.43. The molecule has 0 aliphatic carbocycles. The summed E-state index contributed by atoms with van der Waals surface area (Å²) in [5.74, 6) is -1.89. The number of hydrogen-bond donors (Lipinski definition) is 1. The smallest absolute Gasteiger partial charge is 0.282 e. The molecule has 0 aromatic heterocycles. The molecule has 0 unspecified atom stereocenters. The van der Waals surface area contributed by atoms with Crippen molar-refractivity contribution >= 4 is 34.4 Å². The molecule has 1 aliphatic rings. The Hall–Kier alpha value is -4.33. The molecule has 3 aromatic rings. The van der Waals surface area contributed by atoms with E-state index in [0.29, 0.717) is 11.3 Å². The molecule has 7 nitrogen and oxygen atoms in total. The van der Waals surface area contributed by atoms with Gasteiger partial charge in [0.2, 0.25) is 0 Å². The van der Waals surface area contributed by atoms with Crippen LogP contribution in [-0.4, -0.2) is 16.7 Å². The van der Waals surface area contributed by atoms with Crippen molar-refractivity contribution in [3.05, 3.63) is 106 Å². The monoisotopic (exact) mass is 459 g/mol. The van der Waals surface area contributed by atoms with E-state index in [1.54, 1.807) is 0 Å². The van der Waals surface area contributed by atoms with Crippen molar-refractivity contribution in [2.24, 2.45) is 0 Å². The second-order valence-corrected chi connectivity index (χ2v) is 8.93. The SMILES string of the molecule is CC(C)(C)c1ccc(NC2=C(c3ccc([N+](=O)[O-])cc3)C(=O)N(c3cccc(F)c3)C2=O)cc1. The van der Waals surface area contributed by atoms with Crippen LogP contribution in [0.4, 0.5) is 21.5 Å². The topological polar surface area (TPSA) is 92.6 Å². The zero-order valence-electron chi connectivity index (χ0n) is 18.8. The molecule has 8 heteroatoms. The first-order valence-electron chi connectivity index (χ1n) is 10.6. The van der Waals surface area contributed by atoms with Crippen LogP contribution in [-0.2, 0) is 15.0 Å². The summed E-state index contributed by atoms with van der Waals surface area (Å²) in [5, 5.41) is 14.1. The van der Waals surface area contributed by atoms with Crippen molar-refractivity contribution in [1.82, 2.24) is 0 Å². The number of benzene rings is 3. The van der Waals surface area contributed by atoms with Gasteiger partial charge in [-0.2, -0.15) is 0 Å². The molecule has 0 bridgehead atoms. The highest BCUT2D eigenvalue weighted by Gasteiger charge is 2.40. The van der Waals surface area contributed by atoms with Crippen LogP contribution in [0, 0.1) is 15.9 Å². The highest BCUT2D eigenvalue weighted by Crippen LogP contribution is 2.35. The van der Waals surface area contributed by atoms with E-state index >= 15 is 0 Å². The van der Waals surface area contributed by atoms with E-state index in [0.717, 1.165) is 16.5 Å². The van der Waals surface area contributed by atoms with Gasteiger partial charge >= 0.3 is 0 Å². The molecule has 0 spiro atoms. The molecular formula is C26H22FN3O4. The average molecular weight is 459 g/mol. The first-order valence-corrected chi connectivity index (χ1v) is 10.6. The van der Waals surface area contributed by atoms with Crippen LogP contribution in [0.1, 0.15) is 31.9 Å². The predicted molar refractivity (Wildman–Crippen MR) is 128 cm³/mol. The fourth-order valence-electron chi connectivity index (χ4n) is 3.71. The molecule has 0 fully saturated rings. The fourth-order valence-corrected chi connectivity index (χ4v) is 3.71. The highest BCUT2D eigenvalue weighted by molar-refractivity contribution is 6.46. The summed E-state index contributed by atoms with van der Waals surface area (Å²) in [7, 11) is 0. The summed E-state index contributed by atoms with van der Waals surface area (Å²) in [5.41, 5.74) is 1.95. The van der Waals surface area contributed by atoms with E-state index in [9.17, 15) is 24.1 Å². The number of nitrogens with zero attached hydrogens (tertiary/aromatic N) is 2. The van der Waals surface area contributed by atoms with Crippen molar-refractivity contribution in [1.29, 1.82) is 0 Å². The minimum atomic E-state index is -0.654. The number of halogens is 1. The highest BCUT2D eigenvalue weighted by atomic mass is 19.1. The number of amides is 2. The van der Waals surface area contributed by atoms with Gasteiger partial charge in [0.25, 0.3) is 17.5 Å². The van der Waals surface area contributed by atoms with Gasteiger partial charge in [-0.1, -0.05) is 39.0 Å². The molecule has 1 aliphatic heterocycles. The van der Waals surface area contributed by atoms with Crippen molar-refractivity contribution in [3.8, 4) is 0 Å². The van der Waals surface area contributed by atoms with Crippen molar-refractivity contribution in [2.75, 3.05) is 10.2 Å². The lowest BCUT2D eigenvalue weighted by Crippen LogP contribution is -2.32. The number of nitro benzene ring substituents is 1. The van der Waals surface area contributed by atoms with Gasteiger partial charge in [0.1, 0.15) is 11.5 Å². The molecule has 3 aromatic carbocycles. The van der Waals surface area contributed by atoms with E-state index < -0.39 is 22.6 Å². The lowest BCUT2D eigenvalue weighted by molar-refractivity contribution is -0.384. The Balaban J connectivity index is 1.79. The molecular weight excluding hydrogens is 437 g/mol. The largest absolute Gasteiger partial charge is 0.350 e. The maximum absolute atomic E-state index is 13.9. The van der Waals surface area contributed by atoms with E-state index in [1.165, 1.54) is 42.5 Å². The van der Waals surface area contributed by atoms with Crippen molar-refractivity contribution in [3.63, 3.8) is 0 Å². The van der Waals surface area contributed by atoms with Gasteiger partial charge < -0.3 is 5.32 Å². The minimum Gasteiger partial charge on any atom is -0.350 e. The maximum Gasteiger partial charge on any atom is 0.282 e. The number of nitro groups is 1. The van der Waals surface area contributed by atoms with Crippen LogP contribution >= 0.6 is 0 Å². The summed E-state index contributed by atoms with van der Waals surface area (Å²) >= 11 is 0. The van der Waals surface area contributed by atoms with Gasteiger partial charge in [-0.3, -0.25) is 19.7 Å². The molecule has 1 heterocycles. The van der Waals surface area contributed by atoms with Crippen LogP contribution < -0.4 is 10.2 Å². The summed E-state index contributed by atoms with van der Waals surface area (Å²) < 4.78 is 13.9. The lowest BCUT2D eigenvalue weighted by atomic mass is 9.87. The number of carbonyl (C=O) groups is 2. The molecule has 0 saturated carbocycles. The standard InChI is InChI=1S/C26H22FN3O4/c1-26(2,3)17-9-11-19(12-10-17)28-23-22(16-7-13-20(14-8-16)30(33)34)24(31)29(25(23)32)21-6-4-5-18(27)15-21/h4-15,28H,1-3H3. The first-order chi connectivity index (χ1) is 16.1. The number of nitrogens with one attached hydrogen (secondary N) is 1. The van der Waals surface area contributed by atoms with Gasteiger partial charge in [-0.15, -0.1) is 0 Å². The Bertz CT molecular complexity index is 1320. The Labute approximate surface area is 195 Å². The number of rotatable bonds is 5. The Morgan fingerprint density at radius 3 is 2.12 bits per heavy atom. The number of carbonyl (C=O) groups excluding carboxylic acids is 2. The van der Waals surface area contributed by atoms with Gasteiger partial charge in [-0.25, -0.2) is 9.29 Å². The molecule has 0 radical (unpaired) electrons. The zero-order valence-corrected chi connectivity index (χ0v) is 18.8. The molecule has 0 saturated heterocycles. The van der Waals surface area contributed by atoms with Crippen LogP contribution in [0.15, 0.2) is 78.5 Å². The van der Waals surface area contributed by atoms with E-state index in [1.807, 2.05) is 24.3 Å². The molecule has 4 rings (SSSR count). The summed E-state index contributed by atoms with van der Waals surface area (Å²) in [6, 6.07) is 18.0. The Morgan fingerprint density at radius 2 is 1.56 bits per heavy atom. The summed E-state index contributed by atoms with van der Waals surface area (Å²) in [6.07, 6.45) is 0. The maximum atomic E-state index is 13.9. The Kier molecular flexibility index (Phi) is 5.75. The molecule has 172 valence electrons. The normalized spacial score (nSPS) is 14.1. The third kappa shape index (κ3) is 4.30. The molecule has 1 N–H and O–H groups in total. The second-order valence-electron chi connectivity index (χ2n) is 8.93. The van der Waals surface area contributed by atoms with Crippen LogP contribution in [0.5, 0.6) is 0 Å². The molecule has 2 amide bonds. The number of hydrogen-bond acceptors (Lipinski definition) is 5. The number of imide groups is 1.